The maximum Gasteiger partial charge on any atom is 0.232 e. The Morgan fingerprint density at radius 3 is 2.25 bits per heavy atom. The first-order valence-corrected chi connectivity index (χ1v) is 9.60. The van der Waals surface area contributed by atoms with Crippen LogP contribution in [0.2, 0.25) is 0 Å². The van der Waals surface area contributed by atoms with Crippen molar-refractivity contribution in [3.8, 4) is 0 Å². The lowest BCUT2D eigenvalue weighted by Gasteiger charge is -2.22. The average molecular weight is 346 g/mol. The van der Waals surface area contributed by atoms with Crippen LogP contribution in [0.25, 0.3) is 0 Å². The highest BCUT2D eigenvalue weighted by Gasteiger charge is 2.17. The molecule has 2 rings (SSSR count). The number of aryl methyl sites for hydroxylation is 1. The van der Waals surface area contributed by atoms with Crippen LogP contribution in [-0.4, -0.2) is 27.1 Å². The van der Waals surface area contributed by atoms with E-state index in [4.69, 9.17) is 0 Å². The summed E-state index contributed by atoms with van der Waals surface area (Å²) in [5.74, 6) is -0.126. The van der Waals surface area contributed by atoms with Gasteiger partial charge in [0.1, 0.15) is 0 Å². The van der Waals surface area contributed by atoms with Crippen molar-refractivity contribution in [2.45, 2.75) is 19.8 Å². The van der Waals surface area contributed by atoms with Gasteiger partial charge in [-0.1, -0.05) is 35.9 Å². The van der Waals surface area contributed by atoms with E-state index in [-0.39, 0.29) is 18.9 Å². The van der Waals surface area contributed by atoms with E-state index in [0.29, 0.717) is 12.1 Å². The van der Waals surface area contributed by atoms with Gasteiger partial charge in [0, 0.05) is 18.7 Å². The number of carbonyl (C=O) groups is 1. The summed E-state index contributed by atoms with van der Waals surface area (Å²) in [4.78, 5) is 11.9. The minimum absolute atomic E-state index is 0.126. The van der Waals surface area contributed by atoms with Crippen molar-refractivity contribution in [3.05, 3.63) is 60.2 Å². The largest absolute Gasteiger partial charge is 0.326 e. The summed E-state index contributed by atoms with van der Waals surface area (Å²) in [7, 11) is -3.39. The fourth-order valence-corrected chi connectivity index (χ4v) is 3.29. The fourth-order valence-electron chi connectivity index (χ4n) is 2.33. The third-order valence-electron chi connectivity index (χ3n) is 3.54. The molecule has 0 heterocycles. The average Bonchev–Trinajstić information content (AvgIpc) is 2.52. The number of para-hydroxylation sites is 1. The Balaban J connectivity index is 1.94. The molecule has 5 nitrogen and oxygen atoms in total. The first-order valence-electron chi connectivity index (χ1n) is 7.75. The smallest absolute Gasteiger partial charge is 0.232 e. The summed E-state index contributed by atoms with van der Waals surface area (Å²) in [6.45, 7) is 2.21. The molecule has 0 bridgehead atoms. The topological polar surface area (TPSA) is 66.5 Å². The van der Waals surface area contributed by atoms with Crippen LogP contribution < -0.4 is 9.62 Å². The van der Waals surface area contributed by atoms with Gasteiger partial charge in [-0.2, -0.15) is 0 Å². The van der Waals surface area contributed by atoms with E-state index in [0.717, 1.165) is 11.3 Å². The number of hydrogen-bond acceptors (Lipinski definition) is 3. The second-order valence-electron chi connectivity index (χ2n) is 5.69. The van der Waals surface area contributed by atoms with Gasteiger partial charge in [0.25, 0.3) is 0 Å². The summed E-state index contributed by atoms with van der Waals surface area (Å²) < 4.78 is 25.4. The van der Waals surface area contributed by atoms with Gasteiger partial charge in [0.2, 0.25) is 15.9 Å². The summed E-state index contributed by atoms with van der Waals surface area (Å²) in [6.07, 6.45) is 1.88. The molecule has 0 aromatic heterocycles. The Morgan fingerprint density at radius 2 is 1.67 bits per heavy atom. The van der Waals surface area contributed by atoms with Gasteiger partial charge < -0.3 is 5.32 Å². The lowest BCUT2D eigenvalue weighted by atomic mass is 10.2. The van der Waals surface area contributed by atoms with Gasteiger partial charge in [0.15, 0.2) is 0 Å². The molecule has 0 aliphatic heterocycles. The molecule has 1 amide bonds. The molecule has 0 fully saturated rings. The normalized spacial score (nSPS) is 11.1. The number of nitrogens with zero attached hydrogens (tertiary/aromatic N) is 1. The van der Waals surface area contributed by atoms with E-state index in [1.807, 2.05) is 49.4 Å². The first kappa shape index (κ1) is 18.0. The minimum Gasteiger partial charge on any atom is -0.326 e. The predicted octanol–water partition coefficient (Wildman–Crippen LogP) is 3.18. The fraction of sp³-hybridized carbons (Fsp3) is 0.278. The van der Waals surface area contributed by atoms with Gasteiger partial charge in [-0.15, -0.1) is 0 Å². The van der Waals surface area contributed by atoms with E-state index < -0.39 is 10.0 Å². The number of sulfonamides is 1. The van der Waals surface area contributed by atoms with Crippen molar-refractivity contribution < 1.29 is 13.2 Å². The van der Waals surface area contributed by atoms with E-state index >= 15 is 0 Å². The third-order valence-corrected chi connectivity index (χ3v) is 4.74. The molecule has 2 aromatic rings. The molecule has 0 saturated heterocycles. The van der Waals surface area contributed by atoms with E-state index in [1.54, 1.807) is 12.1 Å². The summed E-state index contributed by atoms with van der Waals surface area (Å²) in [6, 6.07) is 16.5. The number of amides is 1. The first-order chi connectivity index (χ1) is 11.4. The van der Waals surface area contributed by atoms with Gasteiger partial charge >= 0.3 is 0 Å². The number of carbonyl (C=O) groups excluding carboxylic acids is 1. The van der Waals surface area contributed by atoms with Crippen molar-refractivity contribution in [2.24, 2.45) is 0 Å². The summed E-state index contributed by atoms with van der Waals surface area (Å²) in [5, 5.41) is 2.79. The molecule has 0 aliphatic rings. The van der Waals surface area contributed by atoms with Crippen molar-refractivity contribution in [3.63, 3.8) is 0 Å². The molecule has 0 atom stereocenters. The van der Waals surface area contributed by atoms with Gasteiger partial charge in [-0.3, -0.25) is 9.10 Å². The molecule has 128 valence electrons. The maximum absolute atomic E-state index is 12.0. The molecule has 0 spiro atoms. The van der Waals surface area contributed by atoms with Gasteiger partial charge in [-0.05, 0) is 37.6 Å². The van der Waals surface area contributed by atoms with Crippen LogP contribution in [0.4, 0.5) is 11.4 Å². The van der Waals surface area contributed by atoms with Crippen LogP contribution in [0.5, 0.6) is 0 Å². The number of hydrogen-bond donors (Lipinski definition) is 1. The number of anilines is 2. The summed E-state index contributed by atoms with van der Waals surface area (Å²) >= 11 is 0. The standard InChI is InChI=1S/C18H22N2O3S/c1-15-10-12-17(13-11-15)20(24(2,22)23)14-6-9-18(21)19-16-7-4-3-5-8-16/h3-5,7-8,10-13H,6,9,14H2,1-2H3,(H,19,21). The van der Waals surface area contributed by atoms with Crippen molar-refractivity contribution >= 4 is 27.3 Å². The number of benzene rings is 2. The lowest BCUT2D eigenvalue weighted by molar-refractivity contribution is -0.116. The maximum atomic E-state index is 12.0. The second-order valence-corrected chi connectivity index (χ2v) is 7.60. The molecular formula is C18H22N2O3S. The Kier molecular flexibility index (Phi) is 5.98. The predicted molar refractivity (Wildman–Crippen MR) is 97.7 cm³/mol. The molecule has 6 heteroatoms. The van der Waals surface area contributed by atoms with Crippen LogP contribution in [0, 0.1) is 6.92 Å². The highest BCUT2D eigenvalue weighted by Crippen LogP contribution is 2.19. The van der Waals surface area contributed by atoms with Crippen LogP contribution in [0.1, 0.15) is 18.4 Å². The van der Waals surface area contributed by atoms with E-state index in [1.165, 1.54) is 10.6 Å². The molecule has 0 aliphatic carbocycles. The van der Waals surface area contributed by atoms with Crippen molar-refractivity contribution in [2.75, 3.05) is 22.4 Å². The summed E-state index contributed by atoms with van der Waals surface area (Å²) in [5.41, 5.74) is 2.42. The Bertz CT molecular complexity index is 772. The third kappa shape index (κ3) is 5.38. The van der Waals surface area contributed by atoms with Crippen LogP contribution in [-0.2, 0) is 14.8 Å². The number of rotatable bonds is 7. The number of nitrogens with one attached hydrogen (secondary N) is 1. The zero-order valence-electron chi connectivity index (χ0n) is 13.9. The van der Waals surface area contributed by atoms with Crippen molar-refractivity contribution in [1.82, 2.24) is 0 Å². The molecule has 0 saturated carbocycles. The Hall–Kier alpha value is -2.34. The molecule has 24 heavy (non-hydrogen) atoms. The minimum atomic E-state index is -3.39. The highest BCUT2D eigenvalue weighted by molar-refractivity contribution is 7.92. The molecule has 0 unspecified atom stereocenters. The van der Waals surface area contributed by atoms with Crippen molar-refractivity contribution in [1.29, 1.82) is 0 Å². The van der Waals surface area contributed by atoms with E-state index in [2.05, 4.69) is 5.32 Å². The molecular weight excluding hydrogens is 324 g/mol. The monoisotopic (exact) mass is 346 g/mol. The molecule has 1 N–H and O–H groups in total. The van der Waals surface area contributed by atoms with Crippen LogP contribution in [0.3, 0.4) is 0 Å². The second kappa shape index (κ2) is 7.97. The van der Waals surface area contributed by atoms with Crippen LogP contribution in [0.15, 0.2) is 54.6 Å². The SMILES string of the molecule is Cc1ccc(N(CCCC(=O)Nc2ccccc2)S(C)(=O)=O)cc1. The lowest BCUT2D eigenvalue weighted by Crippen LogP contribution is -2.31. The van der Waals surface area contributed by atoms with Crippen LogP contribution >= 0.6 is 0 Å². The Labute approximate surface area is 143 Å². The quantitative estimate of drug-likeness (QED) is 0.837. The Morgan fingerprint density at radius 1 is 1.04 bits per heavy atom. The molecule has 2 aromatic carbocycles. The van der Waals surface area contributed by atoms with E-state index in [9.17, 15) is 13.2 Å². The molecule has 0 radical (unpaired) electrons. The zero-order valence-corrected chi connectivity index (χ0v) is 14.7. The van der Waals surface area contributed by atoms with Gasteiger partial charge in [0.05, 0.1) is 11.9 Å². The van der Waals surface area contributed by atoms with Gasteiger partial charge in [-0.25, -0.2) is 8.42 Å². The zero-order chi connectivity index (χ0) is 17.6. The highest BCUT2D eigenvalue weighted by atomic mass is 32.2.